The average Bonchev–Trinajstić information content (AvgIpc) is 2.88. The third kappa shape index (κ3) is 12.3. The fourth-order valence-electron chi connectivity index (χ4n) is 4.40. The summed E-state index contributed by atoms with van der Waals surface area (Å²) in [6.45, 7) is 14.2. The molecule has 3 amide bonds. The van der Waals surface area contributed by atoms with Crippen molar-refractivity contribution >= 4 is 17.9 Å². The number of rotatable bonds is 17. The topological polar surface area (TPSA) is 108 Å². The van der Waals surface area contributed by atoms with Gasteiger partial charge in [-0.3, -0.25) is 9.59 Å². The Morgan fingerprint density at radius 3 is 2.15 bits per heavy atom. The molecule has 0 spiro atoms. The number of phenolic OH excluding ortho intramolecular Hbond substituents is 1. The van der Waals surface area contributed by atoms with Gasteiger partial charge in [0.15, 0.2) is 0 Å². The summed E-state index contributed by atoms with van der Waals surface area (Å²) < 4.78 is 5.47. The van der Waals surface area contributed by atoms with E-state index in [0.29, 0.717) is 31.5 Å². The standard InChI is InChI=1S/C31H53N3O5/c1-8-11-13-14-18-22-34(29(37)26(23(4)10-3)33-30(38)39-31(5,6)7)27(24-19-15-16-20-25(24)35)28(36)32-21-17-12-9-2/h15-16,19-20,23,26-27,35H,8-14,17-18,21-22H2,1-7H3,(H,32,36)(H,33,38). The maximum atomic E-state index is 14.3. The Morgan fingerprint density at radius 2 is 1.56 bits per heavy atom. The van der Waals surface area contributed by atoms with E-state index in [2.05, 4.69) is 24.5 Å². The quantitative estimate of drug-likeness (QED) is 0.194. The van der Waals surface area contributed by atoms with Gasteiger partial charge >= 0.3 is 6.09 Å². The highest BCUT2D eigenvalue weighted by Crippen LogP contribution is 2.31. The number of carbonyl (C=O) groups is 3. The van der Waals surface area contributed by atoms with Gasteiger partial charge in [-0.15, -0.1) is 0 Å². The second kappa shape index (κ2) is 17.7. The molecule has 0 saturated heterocycles. The minimum Gasteiger partial charge on any atom is -0.508 e. The van der Waals surface area contributed by atoms with Gasteiger partial charge in [-0.2, -0.15) is 0 Å². The summed E-state index contributed by atoms with van der Waals surface area (Å²) >= 11 is 0. The van der Waals surface area contributed by atoms with Crippen LogP contribution >= 0.6 is 0 Å². The number of amides is 3. The number of para-hydroxylation sites is 1. The molecule has 0 aliphatic carbocycles. The van der Waals surface area contributed by atoms with Gasteiger partial charge in [0.2, 0.25) is 11.8 Å². The number of unbranched alkanes of at least 4 members (excludes halogenated alkanes) is 6. The van der Waals surface area contributed by atoms with E-state index in [1.165, 1.54) is 6.07 Å². The molecular weight excluding hydrogens is 494 g/mol. The van der Waals surface area contributed by atoms with Crippen molar-refractivity contribution in [2.45, 2.75) is 124 Å². The molecule has 3 unspecified atom stereocenters. The molecule has 3 N–H and O–H groups in total. The van der Waals surface area contributed by atoms with Crippen molar-refractivity contribution < 1.29 is 24.2 Å². The Labute approximate surface area is 236 Å². The zero-order valence-electron chi connectivity index (χ0n) is 25.3. The average molecular weight is 548 g/mol. The number of phenols is 1. The predicted octanol–water partition coefficient (Wildman–Crippen LogP) is 6.48. The van der Waals surface area contributed by atoms with Gasteiger partial charge in [-0.25, -0.2) is 4.79 Å². The molecule has 8 heteroatoms. The summed E-state index contributed by atoms with van der Waals surface area (Å²) in [4.78, 5) is 42.3. The second-order valence-electron chi connectivity index (χ2n) is 11.4. The number of alkyl carbamates (subject to hydrolysis) is 1. The first-order valence-corrected chi connectivity index (χ1v) is 14.8. The summed E-state index contributed by atoms with van der Waals surface area (Å²) in [5.74, 6) is -0.947. The van der Waals surface area contributed by atoms with E-state index in [4.69, 9.17) is 4.74 Å². The highest BCUT2D eigenvalue weighted by atomic mass is 16.6. The summed E-state index contributed by atoms with van der Waals surface area (Å²) in [7, 11) is 0. The Balaban J connectivity index is 3.46. The Morgan fingerprint density at radius 1 is 0.949 bits per heavy atom. The van der Waals surface area contributed by atoms with Crippen LogP contribution in [-0.2, 0) is 14.3 Å². The number of aromatic hydroxyl groups is 1. The molecule has 1 aromatic carbocycles. The first kappa shape index (κ1) is 34.3. The van der Waals surface area contributed by atoms with Gasteiger partial charge < -0.3 is 25.4 Å². The molecule has 1 aromatic rings. The normalized spacial score (nSPS) is 13.7. The first-order chi connectivity index (χ1) is 18.5. The van der Waals surface area contributed by atoms with Crippen molar-refractivity contribution in [2.24, 2.45) is 5.92 Å². The van der Waals surface area contributed by atoms with E-state index < -0.39 is 23.8 Å². The van der Waals surface area contributed by atoms with Crippen LogP contribution in [0.4, 0.5) is 4.79 Å². The molecule has 0 heterocycles. The molecule has 1 rings (SSSR count). The number of nitrogens with zero attached hydrogens (tertiary/aromatic N) is 1. The van der Waals surface area contributed by atoms with Crippen molar-refractivity contribution in [2.75, 3.05) is 13.1 Å². The molecule has 0 bridgehead atoms. The molecular formula is C31H53N3O5. The highest BCUT2D eigenvalue weighted by Gasteiger charge is 2.38. The fraction of sp³-hybridized carbons (Fsp3) is 0.710. The highest BCUT2D eigenvalue weighted by molar-refractivity contribution is 5.92. The molecule has 0 fully saturated rings. The maximum absolute atomic E-state index is 14.3. The minimum absolute atomic E-state index is 0.0461. The Hall–Kier alpha value is -2.77. The molecule has 0 aliphatic rings. The van der Waals surface area contributed by atoms with Crippen LogP contribution < -0.4 is 10.6 Å². The Bertz CT molecular complexity index is 883. The summed E-state index contributed by atoms with van der Waals surface area (Å²) in [5, 5.41) is 16.5. The molecule has 222 valence electrons. The lowest BCUT2D eigenvalue weighted by Crippen LogP contribution is -2.55. The van der Waals surface area contributed by atoms with Gasteiger partial charge in [-0.1, -0.05) is 90.8 Å². The summed E-state index contributed by atoms with van der Waals surface area (Å²) in [6.07, 6.45) is 7.66. The van der Waals surface area contributed by atoms with E-state index in [-0.39, 0.29) is 23.5 Å². The number of ether oxygens (including phenoxy) is 1. The zero-order valence-corrected chi connectivity index (χ0v) is 25.3. The molecule has 3 atom stereocenters. The van der Waals surface area contributed by atoms with Gasteiger partial charge in [0.1, 0.15) is 23.4 Å². The number of benzene rings is 1. The monoisotopic (exact) mass is 547 g/mol. The van der Waals surface area contributed by atoms with Crippen molar-refractivity contribution in [1.29, 1.82) is 0 Å². The molecule has 39 heavy (non-hydrogen) atoms. The maximum Gasteiger partial charge on any atom is 0.408 e. The van der Waals surface area contributed by atoms with E-state index in [9.17, 15) is 19.5 Å². The lowest BCUT2D eigenvalue weighted by atomic mass is 9.95. The van der Waals surface area contributed by atoms with Crippen LogP contribution in [-0.4, -0.2) is 52.6 Å². The van der Waals surface area contributed by atoms with Gasteiger partial charge in [-0.05, 0) is 45.6 Å². The van der Waals surface area contributed by atoms with E-state index >= 15 is 0 Å². The molecule has 0 radical (unpaired) electrons. The first-order valence-electron chi connectivity index (χ1n) is 14.8. The zero-order chi connectivity index (χ0) is 29.4. The van der Waals surface area contributed by atoms with E-state index in [0.717, 1.165) is 44.9 Å². The number of carbonyl (C=O) groups excluding carboxylic acids is 3. The van der Waals surface area contributed by atoms with Crippen molar-refractivity contribution in [3.05, 3.63) is 29.8 Å². The van der Waals surface area contributed by atoms with Crippen LogP contribution in [0.2, 0.25) is 0 Å². The third-order valence-electron chi connectivity index (χ3n) is 6.81. The van der Waals surface area contributed by atoms with Crippen LogP contribution in [0.15, 0.2) is 24.3 Å². The van der Waals surface area contributed by atoms with Crippen LogP contribution in [0, 0.1) is 5.92 Å². The number of hydrogen-bond acceptors (Lipinski definition) is 5. The van der Waals surface area contributed by atoms with Gasteiger partial charge in [0.05, 0.1) is 0 Å². The minimum atomic E-state index is -1.03. The van der Waals surface area contributed by atoms with Gasteiger partial charge in [0, 0.05) is 18.7 Å². The van der Waals surface area contributed by atoms with Crippen molar-refractivity contribution in [1.82, 2.24) is 15.5 Å². The van der Waals surface area contributed by atoms with Crippen LogP contribution in [0.1, 0.15) is 118 Å². The lowest BCUT2D eigenvalue weighted by molar-refractivity contribution is -0.143. The predicted molar refractivity (Wildman–Crippen MR) is 156 cm³/mol. The smallest absolute Gasteiger partial charge is 0.408 e. The largest absolute Gasteiger partial charge is 0.508 e. The lowest BCUT2D eigenvalue weighted by Gasteiger charge is -2.36. The molecule has 0 saturated carbocycles. The Kier molecular flexibility index (Phi) is 15.6. The van der Waals surface area contributed by atoms with Crippen LogP contribution in [0.25, 0.3) is 0 Å². The summed E-state index contributed by atoms with van der Waals surface area (Å²) in [6, 6.07) is 4.74. The molecule has 8 nitrogen and oxygen atoms in total. The SMILES string of the molecule is CCCCCCCN(C(=O)C(NC(=O)OC(C)(C)C)C(C)CC)C(C(=O)NCCCCC)c1ccccc1O. The van der Waals surface area contributed by atoms with Crippen LogP contribution in [0.5, 0.6) is 5.75 Å². The van der Waals surface area contributed by atoms with E-state index in [1.807, 2.05) is 13.8 Å². The number of nitrogens with one attached hydrogen (secondary N) is 2. The molecule has 0 aliphatic heterocycles. The number of hydrogen-bond donors (Lipinski definition) is 3. The second-order valence-corrected chi connectivity index (χ2v) is 11.4. The van der Waals surface area contributed by atoms with Gasteiger partial charge in [0.25, 0.3) is 0 Å². The molecule has 0 aromatic heterocycles. The van der Waals surface area contributed by atoms with Crippen molar-refractivity contribution in [3.63, 3.8) is 0 Å². The summed E-state index contributed by atoms with van der Waals surface area (Å²) in [5.41, 5.74) is -0.351. The van der Waals surface area contributed by atoms with E-state index in [1.54, 1.807) is 43.9 Å². The van der Waals surface area contributed by atoms with Crippen molar-refractivity contribution in [3.8, 4) is 5.75 Å². The van der Waals surface area contributed by atoms with Crippen LogP contribution in [0.3, 0.4) is 0 Å². The fourth-order valence-corrected chi connectivity index (χ4v) is 4.40. The third-order valence-corrected chi connectivity index (χ3v) is 6.81.